The van der Waals surface area contributed by atoms with Crippen molar-refractivity contribution < 1.29 is 83.4 Å². The highest BCUT2D eigenvalue weighted by molar-refractivity contribution is 5.98. The van der Waals surface area contributed by atoms with Gasteiger partial charge in [0.15, 0.2) is 18.0 Å². The number of rotatable bonds is 41. The number of aliphatic hydroxyl groups is 5. The Hall–Kier alpha value is -7.49. The van der Waals surface area contributed by atoms with E-state index in [1.165, 1.54) is 27.7 Å². The molecule has 10 amide bonds. The maximum absolute atomic E-state index is 14.3. The molecule has 498 valence electrons. The number of carbonyl (C=O) groups is 11. The molecule has 0 aliphatic carbocycles. The molecule has 33 heteroatoms. The summed E-state index contributed by atoms with van der Waals surface area (Å²) in [6, 6.07) is -13.2. The van der Waals surface area contributed by atoms with Gasteiger partial charge < -0.3 is 107 Å². The first-order valence-corrected chi connectivity index (χ1v) is 28.9. The summed E-state index contributed by atoms with van der Waals surface area (Å²) in [5.41, 5.74) is 32.6. The number of aliphatic carboxylic acids is 1. The molecule has 0 aromatic rings. The predicted octanol–water partition coefficient (Wildman–Crippen LogP) is -6.35. The average molecular weight is 1250 g/mol. The number of hydrogen-bond acceptors (Lipinski definition) is 18. The van der Waals surface area contributed by atoms with Gasteiger partial charge in [0, 0.05) is 32.5 Å². The Morgan fingerprint density at radius 3 is 1.39 bits per heavy atom. The summed E-state index contributed by atoms with van der Waals surface area (Å²) in [6.07, 6.45) is -9.88. The summed E-state index contributed by atoms with van der Waals surface area (Å²) in [6.45, 7) is 16.5. The standard InChI is InChI=1S/C54H100N16O17/c1-23(2)21-25(5)40(74)28(8)44(78)63-29(9)45(79)64-32(15-13-19-61-53(57)58)41(75)42(76)50(84)67-37(26(6)27(7)43(56)77)47(81)68-39(31(11)72)49(83)69-38(30(10)71)48(82)65-33(16-14-20-62-54(59)60)46(80)66-34(22-24(3)4)51(85)70(12)35(52(86)87)17-18-36(55)73/h23-35,37-42,71-72,74-76H,13-22H2,1-12H3,(H2,55,73)(H2,56,77)(H,63,78)(H,64,79)(H,65,82)(H,66,80)(H,67,84)(H,68,81)(H,69,83)(H,86,87)(H4,57,58,61)(H4,59,60,62). The fraction of sp³-hybridized carbons (Fsp3) is 0.759. The number of carbonyl (C=O) groups excluding carboxylic acids is 10. The van der Waals surface area contributed by atoms with Crippen LogP contribution in [0.1, 0.15) is 128 Å². The van der Waals surface area contributed by atoms with Crippen LogP contribution in [0.2, 0.25) is 0 Å². The number of nitrogens with zero attached hydrogens (tertiary/aromatic N) is 3. The third kappa shape index (κ3) is 28.3. The lowest BCUT2D eigenvalue weighted by atomic mass is 9.87. The van der Waals surface area contributed by atoms with Gasteiger partial charge in [0.1, 0.15) is 48.4 Å². The number of amides is 10. The van der Waals surface area contributed by atoms with Gasteiger partial charge in [0.2, 0.25) is 53.2 Å². The van der Waals surface area contributed by atoms with Gasteiger partial charge in [-0.3, -0.25) is 57.9 Å². The van der Waals surface area contributed by atoms with E-state index < -0.39 is 162 Å². The summed E-state index contributed by atoms with van der Waals surface area (Å²) in [5, 5.41) is 82.1. The molecular formula is C54H100N16O17. The highest BCUT2D eigenvalue weighted by atomic mass is 16.4. The number of aliphatic hydroxyl groups excluding tert-OH is 5. The molecule has 0 aromatic carbocycles. The number of nitrogens with two attached hydrogens (primary N) is 6. The summed E-state index contributed by atoms with van der Waals surface area (Å²) in [4.78, 5) is 156. The van der Waals surface area contributed by atoms with Crippen molar-refractivity contribution in [2.45, 2.75) is 206 Å². The van der Waals surface area contributed by atoms with E-state index in [-0.39, 0.29) is 87.7 Å². The van der Waals surface area contributed by atoms with Gasteiger partial charge in [-0.25, -0.2) is 4.79 Å². The summed E-state index contributed by atoms with van der Waals surface area (Å²) >= 11 is 0. The second kappa shape index (κ2) is 38.6. The first-order chi connectivity index (χ1) is 40.2. The SMILES string of the molecule is CC(C)CC(NC(=O)C(CCCN=C(N)N)NC(=O)C(NC(=O)C(NC(=O)C(NC(=O)C(O)C(O)C(CCCN=C(N)N)NC(=O)C(C)NC(=O)C(C)C(O)C(C)CC(C)C)C(C)C(C)C(N)=O)C(C)O)C(C)O)C(=O)N(C)C(CCC(N)=O)C(=O)O. The molecule has 0 aliphatic heterocycles. The van der Waals surface area contributed by atoms with Crippen molar-refractivity contribution in [2.24, 2.45) is 79.9 Å². The molecular weight excluding hydrogens is 1140 g/mol. The molecule has 0 saturated heterocycles. The van der Waals surface area contributed by atoms with Crippen molar-refractivity contribution in [3.05, 3.63) is 0 Å². The second-order valence-electron chi connectivity index (χ2n) is 23.1. The van der Waals surface area contributed by atoms with Crippen molar-refractivity contribution in [3.63, 3.8) is 0 Å². The molecule has 0 heterocycles. The molecule has 0 aliphatic rings. The zero-order valence-electron chi connectivity index (χ0n) is 52.0. The first kappa shape index (κ1) is 79.5. The highest BCUT2D eigenvalue weighted by Gasteiger charge is 2.42. The summed E-state index contributed by atoms with van der Waals surface area (Å²) in [5.74, 6) is -16.4. The van der Waals surface area contributed by atoms with E-state index >= 15 is 0 Å². The third-order valence-corrected chi connectivity index (χ3v) is 14.5. The zero-order valence-corrected chi connectivity index (χ0v) is 52.0. The van der Waals surface area contributed by atoms with E-state index in [9.17, 15) is 83.4 Å². The van der Waals surface area contributed by atoms with Crippen LogP contribution in [0.4, 0.5) is 0 Å². The Kier molecular flexibility index (Phi) is 35.3. The molecule has 0 saturated carbocycles. The average Bonchev–Trinajstić information content (AvgIpc) is 3.58. The number of likely N-dealkylation sites (N-methyl/N-ethyl adjacent to an activating group) is 1. The number of guanidine groups is 2. The number of hydrogen-bond donors (Lipinski definition) is 19. The molecule has 33 nitrogen and oxygen atoms in total. The Balaban J connectivity index is 7.00. The molecule has 87 heavy (non-hydrogen) atoms. The van der Waals surface area contributed by atoms with Crippen molar-refractivity contribution in [3.8, 4) is 0 Å². The molecule has 0 aromatic heterocycles. The molecule has 17 atom stereocenters. The van der Waals surface area contributed by atoms with Crippen molar-refractivity contribution >= 4 is 77.0 Å². The molecule has 0 bridgehead atoms. The van der Waals surface area contributed by atoms with Gasteiger partial charge in [-0.05, 0) is 89.4 Å². The van der Waals surface area contributed by atoms with E-state index in [1.54, 1.807) is 20.8 Å². The largest absolute Gasteiger partial charge is 0.480 e. The molecule has 0 spiro atoms. The number of carboxylic acid groups (broad SMARTS) is 1. The first-order valence-electron chi connectivity index (χ1n) is 28.9. The molecule has 0 fully saturated rings. The lowest BCUT2D eigenvalue weighted by Gasteiger charge is -2.33. The van der Waals surface area contributed by atoms with Gasteiger partial charge in [0.05, 0.1) is 30.3 Å². The Bertz CT molecular complexity index is 2370. The van der Waals surface area contributed by atoms with Gasteiger partial charge in [-0.15, -0.1) is 0 Å². The van der Waals surface area contributed by atoms with Gasteiger partial charge >= 0.3 is 5.97 Å². The molecule has 25 N–H and O–H groups in total. The topological polar surface area (TPSA) is 577 Å². The van der Waals surface area contributed by atoms with Crippen LogP contribution in [0, 0.1) is 35.5 Å². The highest BCUT2D eigenvalue weighted by Crippen LogP contribution is 2.22. The van der Waals surface area contributed by atoms with Crippen LogP contribution >= 0.6 is 0 Å². The van der Waals surface area contributed by atoms with Crippen LogP contribution < -0.4 is 71.6 Å². The fourth-order valence-corrected chi connectivity index (χ4v) is 9.15. The number of carboxylic acids is 1. The number of primary amides is 2. The summed E-state index contributed by atoms with van der Waals surface area (Å²) < 4.78 is 0. The van der Waals surface area contributed by atoms with Crippen LogP contribution in [0.5, 0.6) is 0 Å². The van der Waals surface area contributed by atoms with E-state index in [2.05, 4.69) is 47.2 Å². The number of nitrogens with one attached hydrogen (secondary N) is 7. The lowest BCUT2D eigenvalue weighted by molar-refractivity contribution is -0.151. The zero-order chi connectivity index (χ0) is 67.5. The molecule has 17 unspecified atom stereocenters. The minimum Gasteiger partial charge on any atom is -0.480 e. The van der Waals surface area contributed by atoms with Gasteiger partial charge in [0.25, 0.3) is 5.91 Å². The number of aliphatic imine (C=N–C) groups is 2. The maximum atomic E-state index is 14.3. The second-order valence-corrected chi connectivity index (χ2v) is 23.1. The monoisotopic (exact) mass is 1240 g/mol. The minimum absolute atomic E-state index is 0.0123. The van der Waals surface area contributed by atoms with Crippen LogP contribution in [0.3, 0.4) is 0 Å². The van der Waals surface area contributed by atoms with Crippen molar-refractivity contribution in [1.29, 1.82) is 0 Å². The Morgan fingerprint density at radius 2 is 0.943 bits per heavy atom. The van der Waals surface area contributed by atoms with Gasteiger partial charge in [-0.1, -0.05) is 55.4 Å². The predicted molar refractivity (Wildman–Crippen MR) is 318 cm³/mol. The van der Waals surface area contributed by atoms with Crippen molar-refractivity contribution in [1.82, 2.24) is 42.1 Å². The van der Waals surface area contributed by atoms with E-state index in [1.807, 2.05) is 13.8 Å². The van der Waals surface area contributed by atoms with Crippen LogP contribution in [-0.2, 0) is 52.7 Å². The summed E-state index contributed by atoms with van der Waals surface area (Å²) in [7, 11) is 1.16. The van der Waals surface area contributed by atoms with Crippen LogP contribution in [-0.4, -0.2) is 211 Å². The van der Waals surface area contributed by atoms with Crippen LogP contribution in [0.15, 0.2) is 9.98 Å². The Morgan fingerprint density at radius 1 is 0.483 bits per heavy atom. The Labute approximate surface area is 507 Å². The fourth-order valence-electron chi connectivity index (χ4n) is 9.15. The molecule has 0 rings (SSSR count). The van der Waals surface area contributed by atoms with Gasteiger partial charge in [-0.2, -0.15) is 0 Å². The molecule has 0 radical (unpaired) electrons. The van der Waals surface area contributed by atoms with E-state index in [4.69, 9.17) is 34.4 Å². The lowest BCUT2D eigenvalue weighted by Crippen LogP contribution is -2.64. The van der Waals surface area contributed by atoms with Crippen LogP contribution in [0.25, 0.3) is 0 Å². The smallest absolute Gasteiger partial charge is 0.326 e. The maximum Gasteiger partial charge on any atom is 0.326 e. The van der Waals surface area contributed by atoms with E-state index in [0.717, 1.165) is 25.8 Å². The minimum atomic E-state index is -2.47. The normalized spacial score (nSPS) is 17.3. The third-order valence-electron chi connectivity index (χ3n) is 14.5. The van der Waals surface area contributed by atoms with Crippen molar-refractivity contribution in [2.75, 3.05) is 20.1 Å². The van der Waals surface area contributed by atoms with E-state index in [0.29, 0.717) is 6.42 Å². The quantitative estimate of drug-likeness (QED) is 0.0154.